The van der Waals surface area contributed by atoms with Crippen LogP contribution in [0.15, 0.2) is 47.4 Å². The lowest BCUT2D eigenvalue weighted by Gasteiger charge is -2.46. The van der Waals surface area contributed by atoms with Crippen LogP contribution in [0.4, 0.5) is 5.69 Å². The Morgan fingerprint density at radius 3 is 2.49 bits per heavy atom. The van der Waals surface area contributed by atoms with Gasteiger partial charge in [0.15, 0.2) is 4.90 Å². The molecule has 1 saturated heterocycles. The molecular weight excluding hydrogens is 507 g/mol. The number of piperazine rings is 1. The van der Waals surface area contributed by atoms with E-state index in [1.807, 2.05) is 36.1 Å². The minimum Gasteiger partial charge on any atom is -0.611 e. The van der Waals surface area contributed by atoms with Gasteiger partial charge < -0.3 is 19.1 Å². The molecule has 3 unspecified atom stereocenters. The van der Waals surface area contributed by atoms with Gasteiger partial charge in [-0.15, -0.1) is 0 Å². The van der Waals surface area contributed by atoms with E-state index in [2.05, 4.69) is 11.8 Å². The van der Waals surface area contributed by atoms with Crippen LogP contribution in [0, 0.1) is 0 Å². The van der Waals surface area contributed by atoms with E-state index in [1.54, 1.807) is 18.2 Å². The third-order valence-electron chi connectivity index (χ3n) is 6.94. The lowest BCUT2D eigenvalue weighted by Crippen LogP contribution is -2.59. The van der Waals surface area contributed by atoms with Gasteiger partial charge in [-0.05, 0) is 87.1 Å². The van der Waals surface area contributed by atoms with Gasteiger partial charge in [0.05, 0.1) is 5.02 Å². The van der Waals surface area contributed by atoms with Crippen molar-refractivity contribution in [3.8, 4) is 0 Å². The van der Waals surface area contributed by atoms with Gasteiger partial charge >= 0.3 is 5.97 Å². The van der Waals surface area contributed by atoms with E-state index in [9.17, 15) is 14.1 Å². The summed E-state index contributed by atoms with van der Waals surface area (Å²) >= 11 is 10.9. The van der Waals surface area contributed by atoms with Crippen LogP contribution in [0.25, 0.3) is 0 Å². The maximum Gasteiger partial charge on any atom is 0.357 e. The Kier molecular flexibility index (Phi) is 8.53. The number of esters is 1. The number of hydrogen-bond donors (Lipinski definition) is 0. The third-order valence-corrected chi connectivity index (χ3v) is 8.94. The molecule has 6 nitrogen and oxygen atoms in total. The summed E-state index contributed by atoms with van der Waals surface area (Å²) in [6.07, 6.45) is 3.75. The Hall–Kier alpha value is -1.93. The number of halogens is 2. The fraction of sp³-hybridized carbons (Fsp3) is 0.462. The highest BCUT2D eigenvalue weighted by Crippen LogP contribution is 2.29. The molecule has 1 amide bonds. The summed E-state index contributed by atoms with van der Waals surface area (Å²) in [4.78, 5) is 29.9. The van der Waals surface area contributed by atoms with Gasteiger partial charge in [-0.1, -0.05) is 29.3 Å². The molecule has 2 aromatic rings. The summed E-state index contributed by atoms with van der Waals surface area (Å²) in [6.45, 7) is 5.35. The number of rotatable bonds is 6. The first kappa shape index (κ1) is 26.1. The van der Waals surface area contributed by atoms with Crippen molar-refractivity contribution in [2.24, 2.45) is 0 Å². The minimum atomic E-state index is -1.64. The number of benzene rings is 2. The molecular formula is C26H30Cl2N2O4S. The van der Waals surface area contributed by atoms with E-state index in [1.165, 1.54) is 0 Å². The van der Waals surface area contributed by atoms with Crippen LogP contribution in [0.5, 0.6) is 0 Å². The van der Waals surface area contributed by atoms with E-state index in [4.69, 9.17) is 27.9 Å². The van der Waals surface area contributed by atoms with Crippen molar-refractivity contribution in [1.82, 2.24) is 4.90 Å². The average molecular weight is 538 g/mol. The van der Waals surface area contributed by atoms with Gasteiger partial charge in [-0.25, -0.2) is 4.79 Å². The smallest absolute Gasteiger partial charge is 0.357 e. The summed E-state index contributed by atoms with van der Waals surface area (Å²) < 4.78 is 18.1. The second-order valence-corrected chi connectivity index (χ2v) is 11.4. The molecule has 9 heteroatoms. The lowest BCUT2D eigenvalue weighted by atomic mass is 10.0. The second kappa shape index (κ2) is 11.4. The van der Waals surface area contributed by atoms with Crippen molar-refractivity contribution in [2.45, 2.75) is 62.6 Å². The molecule has 1 heterocycles. The Labute approximate surface area is 219 Å². The molecule has 0 bridgehead atoms. The molecule has 1 aliphatic heterocycles. The number of nitrogens with zero attached hydrogens (tertiary/aromatic N) is 2. The quantitative estimate of drug-likeness (QED) is 0.368. The van der Waals surface area contributed by atoms with Crippen LogP contribution in [-0.2, 0) is 20.7 Å². The summed E-state index contributed by atoms with van der Waals surface area (Å²) in [5.41, 5.74) is 1.46. The molecule has 2 aliphatic rings. The average Bonchev–Trinajstić information content (AvgIpc) is 3.33. The summed E-state index contributed by atoms with van der Waals surface area (Å²) in [6, 6.07) is 12.5. The van der Waals surface area contributed by atoms with Crippen LogP contribution in [0.3, 0.4) is 0 Å². The lowest BCUT2D eigenvalue weighted by molar-refractivity contribution is -0.145. The Morgan fingerprint density at radius 1 is 1.06 bits per heavy atom. The molecule has 0 N–H and O–H groups in total. The summed E-state index contributed by atoms with van der Waals surface area (Å²) in [5, 5.41) is 0.890. The molecule has 1 aliphatic carbocycles. The summed E-state index contributed by atoms with van der Waals surface area (Å²) in [5.74, 6) is -0.856. The van der Waals surface area contributed by atoms with Crippen LogP contribution in [-0.4, -0.2) is 58.4 Å². The standard InChI is InChI=1S/C26H30Cl2N2O4S/c1-17-18(2)30(13-12-29(17)21-7-5-6-20(27)15-21)26(32)19-10-11-24(23(28)14-19)35(33)16-25(31)34-22-8-3-4-9-22/h5-7,10-11,14-15,17-18,22H,3-4,8-9,12-13,16H2,1-2H3. The maximum absolute atomic E-state index is 13.3. The highest BCUT2D eigenvalue weighted by molar-refractivity contribution is 7.92. The Morgan fingerprint density at radius 2 is 1.80 bits per heavy atom. The number of carbonyl (C=O) groups is 2. The van der Waals surface area contributed by atoms with Crippen LogP contribution in [0.1, 0.15) is 49.9 Å². The van der Waals surface area contributed by atoms with Gasteiger partial charge in [0, 0.05) is 41.4 Å². The van der Waals surface area contributed by atoms with Crippen LogP contribution < -0.4 is 4.90 Å². The van der Waals surface area contributed by atoms with E-state index in [0.29, 0.717) is 28.6 Å². The van der Waals surface area contributed by atoms with E-state index in [-0.39, 0.29) is 34.9 Å². The monoisotopic (exact) mass is 536 g/mol. The predicted molar refractivity (Wildman–Crippen MR) is 140 cm³/mol. The SMILES string of the molecule is CC1C(C)N(c2cccc(Cl)c2)CCN1C(=O)c1ccc([S+]([O-])CC(=O)OC2CCCC2)c(Cl)c1. The minimum absolute atomic E-state index is 0.0480. The van der Waals surface area contributed by atoms with Crippen molar-refractivity contribution < 1.29 is 18.9 Å². The first-order valence-electron chi connectivity index (χ1n) is 11.9. The molecule has 0 spiro atoms. The van der Waals surface area contributed by atoms with E-state index in [0.717, 1.165) is 31.4 Å². The third kappa shape index (κ3) is 6.08. The fourth-order valence-corrected chi connectivity index (χ4v) is 6.40. The number of anilines is 1. The molecule has 4 rings (SSSR count). The van der Waals surface area contributed by atoms with E-state index >= 15 is 0 Å². The van der Waals surface area contributed by atoms with Gasteiger partial charge in [0.2, 0.25) is 5.75 Å². The topological polar surface area (TPSA) is 72.9 Å². The fourth-order valence-electron chi connectivity index (χ4n) is 4.84. The molecule has 188 valence electrons. The molecule has 1 saturated carbocycles. The summed E-state index contributed by atoms with van der Waals surface area (Å²) in [7, 11) is 0. The van der Waals surface area contributed by atoms with Gasteiger partial charge in [0.1, 0.15) is 6.10 Å². The number of hydrogen-bond acceptors (Lipinski definition) is 5. The van der Waals surface area contributed by atoms with Crippen molar-refractivity contribution >= 4 is 51.9 Å². The molecule has 2 aromatic carbocycles. The zero-order chi connectivity index (χ0) is 25.1. The zero-order valence-corrected chi connectivity index (χ0v) is 22.2. The normalized spacial score (nSPS) is 21.7. The predicted octanol–water partition coefficient (Wildman–Crippen LogP) is 5.33. The van der Waals surface area contributed by atoms with Gasteiger partial charge in [-0.2, -0.15) is 0 Å². The molecule has 0 radical (unpaired) electrons. The van der Waals surface area contributed by atoms with Crippen molar-refractivity contribution in [3.05, 3.63) is 58.1 Å². The number of ether oxygens (including phenoxy) is 1. The van der Waals surface area contributed by atoms with Crippen molar-refractivity contribution in [2.75, 3.05) is 23.7 Å². The van der Waals surface area contributed by atoms with Crippen LogP contribution in [0.2, 0.25) is 10.0 Å². The highest BCUT2D eigenvalue weighted by atomic mass is 35.5. The second-order valence-electron chi connectivity index (χ2n) is 9.18. The Balaban J connectivity index is 1.40. The maximum atomic E-state index is 13.3. The van der Waals surface area contributed by atoms with Crippen molar-refractivity contribution in [1.29, 1.82) is 0 Å². The van der Waals surface area contributed by atoms with Crippen molar-refractivity contribution in [3.63, 3.8) is 0 Å². The number of amides is 1. The molecule has 3 atom stereocenters. The highest BCUT2D eigenvalue weighted by Gasteiger charge is 2.34. The first-order chi connectivity index (χ1) is 16.7. The van der Waals surface area contributed by atoms with E-state index < -0.39 is 17.1 Å². The van der Waals surface area contributed by atoms with Crippen LogP contribution >= 0.6 is 23.2 Å². The van der Waals surface area contributed by atoms with Gasteiger partial charge in [0.25, 0.3) is 5.91 Å². The molecule has 2 fully saturated rings. The zero-order valence-electron chi connectivity index (χ0n) is 19.9. The Bertz CT molecular complexity index is 1080. The number of carbonyl (C=O) groups excluding carboxylic acids is 2. The first-order valence-corrected chi connectivity index (χ1v) is 14.0. The largest absolute Gasteiger partial charge is 0.611 e. The molecule has 35 heavy (non-hydrogen) atoms. The molecule has 0 aromatic heterocycles. The van der Waals surface area contributed by atoms with Gasteiger partial charge in [-0.3, -0.25) is 4.79 Å².